The molecule has 4 atom stereocenters. The lowest BCUT2D eigenvalue weighted by molar-refractivity contribution is 0.405. The normalized spacial score (nSPS) is 32.9. The second-order valence-electron chi connectivity index (χ2n) is 5.91. The average Bonchev–Trinajstić information content (AvgIpc) is 2.91. The van der Waals surface area contributed by atoms with Gasteiger partial charge in [-0.1, -0.05) is 6.42 Å². The van der Waals surface area contributed by atoms with E-state index in [-0.39, 0.29) is 6.04 Å². The van der Waals surface area contributed by atoms with Crippen molar-refractivity contribution in [2.45, 2.75) is 51.0 Å². The third-order valence-electron chi connectivity index (χ3n) is 4.35. The van der Waals surface area contributed by atoms with Crippen LogP contribution < -0.4 is 5.73 Å². The minimum absolute atomic E-state index is 0.187. The van der Waals surface area contributed by atoms with Gasteiger partial charge in [-0.05, 0) is 50.0 Å². The van der Waals surface area contributed by atoms with Gasteiger partial charge in [-0.15, -0.1) is 0 Å². The summed E-state index contributed by atoms with van der Waals surface area (Å²) in [5.41, 5.74) is 6.94. The number of hydrogen-bond donors (Lipinski definition) is 1. The molecule has 4 unspecified atom stereocenters. The van der Waals surface area contributed by atoms with Crippen molar-refractivity contribution in [1.82, 2.24) is 9.97 Å². The van der Waals surface area contributed by atoms with Gasteiger partial charge in [0.05, 0.1) is 0 Å². The van der Waals surface area contributed by atoms with Crippen molar-refractivity contribution in [3.63, 3.8) is 0 Å². The molecule has 2 aliphatic rings. The third kappa shape index (κ3) is 2.21. The van der Waals surface area contributed by atoms with E-state index in [1.807, 2.05) is 19.3 Å². The van der Waals surface area contributed by atoms with Gasteiger partial charge in [-0.2, -0.15) is 0 Å². The van der Waals surface area contributed by atoms with Crippen molar-refractivity contribution in [2.24, 2.45) is 17.6 Å². The van der Waals surface area contributed by atoms with Crippen LogP contribution in [0.15, 0.2) is 12.4 Å². The standard InChI is InChI=1S/C14H21N3/c1-9(15)4-11-7-16-14(17-8-11)13-6-10-2-3-12(13)5-10/h7-10,12-13H,2-6,15H2,1H3. The molecule has 1 aromatic rings. The van der Waals surface area contributed by atoms with Crippen molar-refractivity contribution >= 4 is 0 Å². The first kappa shape index (κ1) is 11.1. The molecule has 1 heterocycles. The number of fused-ring (bicyclic) bond motifs is 2. The molecule has 3 heteroatoms. The Kier molecular flexibility index (Phi) is 2.87. The number of nitrogens with two attached hydrogens (primary N) is 1. The first-order chi connectivity index (χ1) is 8.22. The van der Waals surface area contributed by atoms with E-state index in [9.17, 15) is 0 Å². The summed E-state index contributed by atoms with van der Waals surface area (Å²) in [6.45, 7) is 2.02. The highest BCUT2D eigenvalue weighted by Gasteiger charge is 2.41. The van der Waals surface area contributed by atoms with Crippen LogP contribution in [0.5, 0.6) is 0 Å². The molecule has 2 bridgehead atoms. The molecule has 2 N–H and O–H groups in total. The predicted molar refractivity (Wildman–Crippen MR) is 67.6 cm³/mol. The average molecular weight is 231 g/mol. The molecule has 0 spiro atoms. The van der Waals surface area contributed by atoms with E-state index < -0.39 is 0 Å². The van der Waals surface area contributed by atoms with Gasteiger partial charge in [0.2, 0.25) is 0 Å². The summed E-state index contributed by atoms with van der Waals surface area (Å²) in [6.07, 6.45) is 10.4. The maximum atomic E-state index is 5.78. The van der Waals surface area contributed by atoms with Crippen molar-refractivity contribution in [3.8, 4) is 0 Å². The summed E-state index contributed by atoms with van der Waals surface area (Å²) in [5, 5.41) is 0. The zero-order valence-corrected chi connectivity index (χ0v) is 10.5. The van der Waals surface area contributed by atoms with E-state index in [0.29, 0.717) is 5.92 Å². The number of nitrogens with zero attached hydrogens (tertiary/aromatic N) is 2. The van der Waals surface area contributed by atoms with Gasteiger partial charge in [-0.3, -0.25) is 0 Å². The zero-order chi connectivity index (χ0) is 11.8. The van der Waals surface area contributed by atoms with Crippen LogP contribution in [0.3, 0.4) is 0 Å². The van der Waals surface area contributed by atoms with Crippen LogP contribution in [-0.4, -0.2) is 16.0 Å². The molecule has 2 fully saturated rings. The monoisotopic (exact) mass is 231 g/mol. The Morgan fingerprint density at radius 2 is 2.06 bits per heavy atom. The van der Waals surface area contributed by atoms with E-state index in [1.165, 1.54) is 25.7 Å². The Bertz CT molecular complexity index is 385. The summed E-state index contributed by atoms with van der Waals surface area (Å²) in [5.74, 6) is 3.53. The van der Waals surface area contributed by atoms with Crippen LogP contribution in [0.4, 0.5) is 0 Å². The lowest BCUT2D eigenvalue weighted by Gasteiger charge is -2.20. The van der Waals surface area contributed by atoms with Gasteiger partial charge in [0, 0.05) is 24.4 Å². The highest BCUT2D eigenvalue weighted by Crippen LogP contribution is 2.51. The summed E-state index contributed by atoms with van der Waals surface area (Å²) >= 11 is 0. The fourth-order valence-electron chi connectivity index (χ4n) is 3.59. The molecule has 2 aliphatic carbocycles. The molecule has 92 valence electrons. The van der Waals surface area contributed by atoms with Gasteiger partial charge in [0.15, 0.2) is 0 Å². The van der Waals surface area contributed by atoms with E-state index in [0.717, 1.165) is 29.6 Å². The number of aromatic nitrogens is 2. The van der Waals surface area contributed by atoms with Crippen LogP contribution in [0.1, 0.15) is 49.9 Å². The molecular formula is C14H21N3. The first-order valence-corrected chi connectivity index (χ1v) is 6.78. The molecule has 0 aliphatic heterocycles. The first-order valence-electron chi connectivity index (χ1n) is 6.78. The molecule has 1 aromatic heterocycles. The van der Waals surface area contributed by atoms with Crippen molar-refractivity contribution < 1.29 is 0 Å². The predicted octanol–water partition coefficient (Wildman–Crippen LogP) is 2.27. The molecule has 0 amide bonds. The highest BCUT2D eigenvalue weighted by molar-refractivity contribution is 5.12. The number of rotatable bonds is 3. The van der Waals surface area contributed by atoms with Crippen LogP contribution in [0, 0.1) is 11.8 Å². The summed E-state index contributed by atoms with van der Waals surface area (Å²) in [7, 11) is 0. The van der Waals surface area contributed by atoms with E-state index in [4.69, 9.17) is 5.73 Å². The molecule has 3 nitrogen and oxygen atoms in total. The lowest BCUT2D eigenvalue weighted by atomic mass is 9.88. The Balaban J connectivity index is 1.72. The molecule has 0 saturated heterocycles. The van der Waals surface area contributed by atoms with Crippen molar-refractivity contribution in [2.75, 3.05) is 0 Å². The molecule has 0 aromatic carbocycles. The van der Waals surface area contributed by atoms with Gasteiger partial charge in [0.25, 0.3) is 0 Å². The van der Waals surface area contributed by atoms with E-state index >= 15 is 0 Å². The summed E-state index contributed by atoms with van der Waals surface area (Å²) in [6, 6.07) is 0.187. The fourth-order valence-corrected chi connectivity index (χ4v) is 3.59. The Labute approximate surface area is 103 Å². The Morgan fingerprint density at radius 1 is 1.29 bits per heavy atom. The molecule has 2 saturated carbocycles. The van der Waals surface area contributed by atoms with Crippen LogP contribution in [-0.2, 0) is 6.42 Å². The zero-order valence-electron chi connectivity index (χ0n) is 10.5. The second kappa shape index (κ2) is 4.37. The van der Waals surface area contributed by atoms with Gasteiger partial charge in [-0.25, -0.2) is 9.97 Å². The molecule has 3 rings (SSSR count). The third-order valence-corrected chi connectivity index (χ3v) is 4.35. The second-order valence-corrected chi connectivity index (χ2v) is 5.91. The highest BCUT2D eigenvalue weighted by atomic mass is 14.9. The topological polar surface area (TPSA) is 51.8 Å². The van der Waals surface area contributed by atoms with Crippen LogP contribution >= 0.6 is 0 Å². The Morgan fingerprint density at radius 3 is 2.59 bits per heavy atom. The number of hydrogen-bond acceptors (Lipinski definition) is 3. The van der Waals surface area contributed by atoms with Gasteiger partial charge >= 0.3 is 0 Å². The van der Waals surface area contributed by atoms with E-state index in [1.54, 1.807) is 0 Å². The molecule has 17 heavy (non-hydrogen) atoms. The largest absolute Gasteiger partial charge is 0.328 e. The van der Waals surface area contributed by atoms with Gasteiger partial charge in [0.1, 0.15) is 5.82 Å². The maximum absolute atomic E-state index is 5.78. The minimum Gasteiger partial charge on any atom is -0.328 e. The SMILES string of the molecule is CC(N)Cc1cnc(C2CC3CCC2C3)nc1. The molecular weight excluding hydrogens is 210 g/mol. The van der Waals surface area contributed by atoms with E-state index in [2.05, 4.69) is 9.97 Å². The van der Waals surface area contributed by atoms with Crippen LogP contribution in [0.25, 0.3) is 0 Å². The lowest BCUT2D eigenvalue weighted by Crippen LogP contribution is -2.18. The van der Waals surface area contributed by atoms with Crippen molar-refractivity contribution in [1.29, 1.82) is 0 Å². The minimum atomic E-state index is 0.187. The smallest absolute Gasteiger partial charge is 0.131 e. The molecule has 0 radical (unpaired) electrons. The summed E-state index contributed by atoms with van der Waals surface area (Å²) < 4.78 is 0. The maximum Gasteiger partial charge on any atom is 0.131 e. The summed E-state index contributed by atoms with van der Waals surface area (Å²) in [4.78, 5) is 9.13. The van der Waals surface area contributed by atoms with Crippen LogP contribution in [0.2, 0.25) is 0 Å². The van der Waals surface area contributed by atoms with Crippen molar-refractivity contribution in [3.05, 3.63) is 23.8 Å². The quantitative estimate of drug-likeness (QED) is 0.868. The Hall–Kier alpha value is -0.960. The van der Waals surface area contributed by atoms with Gasteiger partial charge < -0.3 is 5.73 Å². The fraction of sp³-hybridized carbons (Fsp3) is 0.714.